The number of hydrogen-bond acceptors (Lipinski definition) is 5. The second kappa shape index (κ2) is 7.10. The first-order chi connectivity index (χ1) is 11.9. The number of nitrogens with two attached hydrogens (primary N) is 1. The molecule has 6 nitrogen and oxygen atoms in total. The fourth-order valence-corrected chi connectivity index (χ4v) is 2.96. The van der Waals surface area contributed by atoms with E-state index in [1.807, 2.05) is 11.9 Å². The van der Waals surface area contributed by atoms with Gasteiger partial charge in [0.15, 0.2) is 0 Å². The quantitative estimate of drug-likeness (QED) is 0.911. The van der Waals surface area contributed by atoms with Gasteiger partial charge in [0.25, 0.3) is 5.91 Å². The molecule has 0 bridgehead atoms. The lowest BCUT2D eigenvalue weighted by atomic mass is 10.2. The Morgan fingerprint density at radius 3 is 2.92 bits per heavy atom. The van der Waals surface area contributed by atoms with Crippen molar-refractivity contribution < 1.29 is 13.6 Å². The predicted octanol–water partition coefficient (Wildman–Crippen LogP) is 1.68. The maximum Gasteiger partial charge on any atom is 0.256 e. The van der Waals surface area contributed by atoms with Gasteiger partial charge in [-0.05, 0) is 31.7 Å². The van der Waals surface area contributed by atoms with Crippen molar-refractivity contribution in [3.05, 3.63) is 53.5 Å². The molecule has 1 saturated heterocycles. The summed E-state index contributed by atoms with van der Waals surface area (Å²) in [6, 6.07) is 4.73. The monoisotopic (exact) mass is 347 g/mol. The third-order valence-corrected chi connectivity index (χ3v) is 4.35. The molecule has 1 aliphatic heterocycles. The molecule has 0 aliphatic carbocycles. The SMILES string of the molecule is CN(Cc1nccc(N)n1)C1CCN(C(=O)c2ccc(F)cc2F)C1. The van der Waals surface area contributed by atoms with Gasteiger partial charge in [-0.3, -0.25) is 9.69 Å². The van der Waals surface area contributed by atoms with Crippen LogP contribution in [0, 0.1) is 11.6 Å². The van der Waals surface area contributed by atoms with Gasteiger partial charge in [0.05, 0.1) is 12.1 Å². The summed E-state index contributed by atoms with van der Waals surface area (Å²) in [5.41, 5.74) is 5.55. The van der Waals surface area contributed by atoms with Crippen molar-refractivity contribution >= 4 is 11.7 Å². The summed E-state index contributed by atoms with van der Waals surface area (Å²) in [6.45, 7) is 1.49. The number of nitrogen functional groups attached to an aromatic ring is 1. The van der Waals surface area contributed by atoms with E-state index in [0.717, 1.165) is 18.6 Å². The number of carbonyl (C=O) groups excluding carboxylic acids is 1. The van der Waals surface area contributed by atoms with Gasteiger partial charge in [-0.25, -0.2) is 18.7 Å². The average molecular weight is 347 g/mol. The van der Waals surface area contributed by atoms with Crippen molar-refractivity contribution in [3.63, 3.8) is 0 Å². The number of carbonyl (C=O) groups is 1. The van der Waals surface area contributed by atoms with Crippen LogP contribution in [0.5, 0.6) is 0 Å². The summed E-state index contributed by atoms with van der Waals surface area (Å²) >= 11 is 0. The Labute approximate surface area is 144 Å². The molecule has 2 heterocycles. The molecule has 8 heteroatoms. The Morgan fingerprint density at radius 2 is 2.20 bits per heavy atom. The zero-order chi connectivity index (χ0) is 18.0. The maximum atomic E-state index is 13.8. The van der Waals surface area contributed by atoms with E-state index in [4.69, 9.17) is 5.73 Å². The molecule has 2 N–H and O–H groups in total. The zero-order valence-corrected chi connectivity index (χ0v) is 13.8. The van der Waals surface area contributed by atoms with Crippen molar-refractivity contribution in [3.8, 4) is 0 Å². The molecule has 25 heavy (non-hydrogen) atoms. The lowest BCUT2D eigenvalue weighted by molar-refractivity contribution is 0.0774. The first-order valence-corrected chi connectivity index (χ1v) is 7.96. The number of rotatable bonds is 4. The standard InChI is InChI=1S/C17H19F2N5O/c1-23(10-16-21-6-4-15(20)22-16)12-5-7-24(9-12)17(25)13-3-2-11(18)8-14(13)19/h2-4,6,8,12H,5,7,9-10H2,1H3,(H2,20,21,22). The van der Waals surface area contributed by atoms with Crippen molar-refractivity contribution in [1.82, 2.24) is 19.8 Å². The van der Waals surface area contributed by atoms with Crippen molar-refractivity contribution in [1.29, 1.82) is 0 Å². The van der Waals surface area contributed by atoms with Gasteiger partial charge in [0.1, 0.15) is 23.3 Å². The second-order valence-corrected chi connectivity index (χ2v) is 6.13. The fourth-order valence-electron chi connectivity index (χ4n) is 2.96. The number of amides is 1. The molecule has 2 aromatic rings. The van der Waals surface area contributed by atoms with Crippen LogP contribution < -0.4 is 5.73 Å². The lowest BCUT2D eigenvalue weighted by Gasteiger charge is -2.24. The number of likely N-dealkylation sites (N-methyl/N-ethyl adjacent to an activating group) is 1. The van der Waals surface area contributed by atoms with Crippen LogP contribution >= 0.6 is 0 Å². The van der Waals surface area contributed by atoms with Gasteiger partial charge in [-0.1, -0.05) is 0 Å². The number of nitrogens with zero attached hydrogens (tertiary/aromatic N) is 4. The zero-order valence-electron chi connectivity index (χ0n) is 13.8. The van der Waals surface area contributed by atoms with Crippen LogP contribution in [0.15, 0.2) is 30.5 Å². The maximum absolute atomic E-state index is 13.8. The van der Waals surface area contributed by atoms with Crippen molar-refractivity contribution in [2.24, 2.45) is 0 Å². The van der Waals surface area contributed by atoms with Crippen LogP contribution in [0.1, 0.15) is 22.6 Å². The fraction of sp³-hybridized carbons (Fsp3) is 0.353. The number of halogens is 2. The first-order valence-electron chi connectivity index (χ1n) is 7.96. The molecule has 1 amide bonds. The Hall–Kier alpha value is -2.61. The second-order valence-electron chi connectivity index (χ2n) is 6.13. The highest BCUT2D eigenvalue weighted by molar-refractivity contribution is 5.94. The number of aromatic nitrogens is 2. The molecular formula is C17H19F2N5O. The largest absolute Gasteiger partial charge is 0.384 e. The highest BCUT2D eigenvalue weighted by Gasteiger charge is 2.30. The highest BCUT2D eigenvalue weighted by atomic mass is 19.1. The van der Waals surface area contributed by atoms with E-state index in [9.17, 15) is 13.6 Å². The number of benzene rings is 1. The first kappa shape index (κ1) is 17.2. The summed E-state index contributed by atoms with van der Waals surface area (Å²) in [7, 11) is 1.92. The van der Waals surface area contributed by atoms with Gasteiger partial charge < -0.3 is 10.6 Å². The molecule has 1 unspecified atom stereocenters. The van der Waals surface area contributed by atoms with Gasteiger partial charge in [0, 0.05) is 31.4 Å². The van der Waals surface area contributed by atoms with E-state index in [0.29, 0.717) is 31.3 Å². The average Bonchev–Trinajstić information content (AvgIpc) is 3.04. The Kier molecular flexibility index (Phi) is 4.89. The molecule has 0 spiro atoms. The Balaban J connectivity index is 1.63. The van der Waals surface area contributed by atoms with Gasteiger partial charge >= 0.3 is 0 Å². The highest BCUT2D eigenvalue weighted by Crippen LogP contribution is 2.20. The summed E-state index contributed by atoms with van der Waals surface area (Å²) in [5.74, 6) is -0.941. The molecule has 132 valence electrons. The summed E-state index contributed by atoms with van der Waals surface area (Å²) < 4.78 is 26.8. The summed E-state index contributed by atoms with van der Waals surface area (Å²) in [6.07, 6.45) is 2.36. The number of hydrogen-bond donors (Lipinski definition) is 1. The third kappa shape index (κ3) is 3.90. The molecule has 0 radical (unpaired) electrons. The molecule has 1 aromatic carbocycles. The van der Waals surface area contributed by atoms with Crippen molar-refractivity contribution in [2.75, 3.05) is 25.9 Å². The van der Waals surface area contributed by atoms with E-state index in [1.54, 1.807) is 17.2 Å². The molecule has 3 rings (SSSR count). The van der Waals surface area contributed by atoms with E-state index >= 15 is 0 Å². The Bertz CT molecular complexity index is 785. The Morgan fingerprint density at radius 1 is 1.40 bits per heavy atom. The normalized spacial score (nSPS) is 17.3. The summed E-state index contributed by atoms with van der Waals surface area (Å²) in [5, 5.41) is 0. The molecule has 1 atom stereocenters. The number of likely N-dealkylation sites (tertiary alicyclic amines) is 1. The van der Waals surface area contributed by atoms with Crippen LogP contribution in [0.2, 0.25) is 0 Å². The molecular weight excluding hydrogens is 328 g/mol. The van der Waals surface area contributed by atoms with E-state index in [2.05, 4.69) is 9.97 Å². The summed E-state index contributed by atoms with van der Waals surface area (Å²) in [4.78, 5) is 24.4. The molecule has 1 fully saturated rings. The van der Waals surface area contributed by atoms with Crippen molar-refractivity contribution in [2.45, 2.75) is 19.0 Å². The van der Waals surface area contributed by atoms with Gasteiger partial charge in [-0.15, -0.1) is 0 Å². The molecule has 1 aliphatic rings. The van der Waals surface area contributed by atoms with Crippen LogP contribution in [0.3, 0.4) is 0 Å². The third-order valence-electron chi connectivity index (χ3n) is 4.35. The molecule has 1 aromatic heterocycles. The molecule has 0 saturated carbocycles. The van der Waals surface area contributed by atoms with Crippen LogP contribution in [-0.4, -0.2) is 51.9 Å². The smallest absolute Gasteiger partial charge is 0.256 e. The minimum Gasteiger partial charge on any atom is -0.384 e. The van der Waals surface area contributed by atoms with Gasteiger partial charge in [0.2, 0.25) is 0 Å². The predicted molar refractivity (Wildman–Crippen MR) is 88.6 cm³/mol. The minimum absolute atomic E-state index is 0.108. The van der Waals surface area contributed by atoms with Crippen LogP contribution in [0.4, 0.5) is 14.6 Å². The number of anilines is 1. The van der Waals surface area contributed by atoms with Crippen LogP contribution in [0.25, 0.3) is 0 Å². The lowest BCUT2D eigenvalue weighted by Crippen LogP contribution is -2.36. The van der Waals surface area contributed by atoms with E-state index in [1.165, 1.54) is 6.07 Å². The van der Waals surface area contributed by atoms with Gasteiger partial charge in [-0.2, -0.15) is 0 Å². The van der Waals surface area contributed by atoms with E-state index in [-0.39, 0.29) is 11.6 Å². The van der Waals surface area contributed by atoms with Crippen LogP contribution in [-0.2, 0) is 6.54 Å². The minimum atomic E-state index is -0.838. The van der Waals surface area contributed by atoms with E-state index < -0.39 is 17.5 Å². The topological polar surface area (TPSA) is 75.4 Å².